The average molecular weight is 329 g/mol. The van der Waals surface area contributed by atoms with Crippen molar-refractivity contribution in [2.75, 3.05) is 43.4 Å². The van der Waals surface area contributed by atoms with Crippen molar-refractivity contribution in [2.45, 2.75) is 18.7 Å². The van der Waals surface area contributed by atoms with E-state index in [2.05, 4.69) is 9.62 Å². The molecule has 0 bridgehead atoms. The highest BCUT2D eigenvalue weighted by Crippen LogP contribution is 2.22. The maximum Gasteiger partial charge on any atom is 0.240 e. The zero-order chi connectivity index (χ0) is 15.5. The Morgan fingerprint density at radius 3 is 2.62 bits per heavy atom. The Balaban J connectivity index is 2.01. The van der Waals surface area contributed by atoms with E-state index in [9.17, 15) is 8.42 Å². The number of hydrogen-bond acceptors (Lipinski definition) is 5. The lowest BCUT2D eigenvalue weighted by Crippen LogP contribution is -2.39. The van der Waals surface area contributed by atoms with Crippen LogP contribution in [0.4, 0.5) is 5.69 Å². The van der Waals surface area contributed by atoms with Crippen LogP contribution in [0, 0.1) is 13.8 Å². The molecule has 3 N–H and O–H groups in total. The molecule has 1 aromatic rings. The molecule has 0 radical (unpaired) electrons. The smallest absolute Gasteiger partial charge is 0.240 e. The van der Waals surface area contributed by atoms with Crippen LogP contribution >= 0.6 is 11.8 Å². The summed E-state index contributed by atoms with van der Waals surface area (Å²) in [5, 5.41) is 0. The second-order valence-corrected chi connectivity index (χ2v) is 8.27. The van der Waals surface area contributed by atoms with E-state index in [-0.39, 0.29) is 4.90 Å². The second-order valence-electron chi connectivity index (χ2n) is 5.31. The highest BCUT2D eigenvalue weighted by atomic mass is 32.2. The van der Waals surface area contributed by atoms with Gasteiger partial charge < -0.3 is 10.6 Å². The molecule has 2 rings (SSSR count). The van der Waals surface area contributed by atoms with Crippen LogP contribution in [0.3, 0.4) is 0 Å². The third-order valence-electron chi connectivity index (χ3n) is 3.76. The number of sulfonamides is 1. The molecule has 7 heteroatoms. The van der Waals surface area contributed by atoms with Crippen molar-refractivity contribution in [3.8, 4) is 0 Å². The van der Waals surface area contributed by atoms with Gasteiger partial charge in [0.2, 0.25) is 10.0 Å². The Morgan fingerprint density at radius 1 is 1.29 bits per heavy atom. The summed E-state index contributed by atoms with van der Waals surface area (Å²) in [5.41, 5.74) is 7.89. The molecule has 5 nitrogen and oxygen atoms in total. The molecule has 0 atom stereocenters. The van der Waals surface area contributed by atoms with E-state index in [1.165, 1.54) is 6.07 Å². The maximum absolute atomic E-state index is 12.4. The highest BCUT2D eigenvalue weighted by molar-refractivity contribution is 7.99. The fraction of sp³-hybridized carbons (Fsp3) is 0.571. The predicted octanol–water partition coefficient (Wildman–Crippen LogP) is 1.21. The molecular weight excluding hydrogens is 306 g/mol. The van der Waals surface area contributed by atoms with Gasteiger partial charge in [0.15, 0.2) is 0 Å². The van der Waals surface area contributed by atoms with Crippen LogP contribution in [-0.2, 0) is 10.0 Å². The Bertz CT molecular complexity index is 596. The first kappa shape index (κ1) is 16.6. The Hall–Kier alpha value is -0.760. The van der Waals surface area contributed by atoms with Crippen LogP contribution in [0.25, 0.3) is 0 Å². The molecule has 1 aliphatic heterocycles. The van der Waals surface area contributed by atoms with Crippen molar-refractivity contribution in [1.29, 1.82) is 0 Å². The average Bonchev–Trinajstić information content (AvgIpc) is 2.43. The summed E-state index contributed by atoms with van der Waals surface area (Å²) in [4.78, 5) is 2.57. The first-order chi connectivity index (χ1) is 9.90. The lowest BCUT2D eigenvalue weighted by molar-refractivity contribution is 0.307. The van der Waals surface area contributed by atoms with E-state index >= 15 is 0 Å². The summed E-state index contributed by atoms with van der Waals surface area (Å²) in [5.74, 6) is 2.25. The van der Waals surface area contributed by atoms with E-state index in [1.807, 2.05) is 25.6 Å². The number of rotatable bonds is 5. The van der Waals surface area contributed by atoms with Crippen molar-refractivity contribution in [2.24, 2.45) is 0 Å². The van der Waals surface area contributed by atoms with Crippen molar-refractivity contribution in [3.05, 3.63) is 23.3 Å². The number of nitrogens with two attached hydrogens (primary N) is 1. The Morgan fingerprint density at radius 2 is 1.95 bits per heavy atom. The number of aryl methyl sites for hydroxylation is 1. The van der Waals surface area contributed by atoms with Gasteiger partial charge in [0.05, 0.1) is 4.90 Å². The van der Waals surface area contributed by atoms with Crippen LogP contribution in [-0.4, -0.2) is 51.0 Å². The molecule has 1 heterocycles. The number of benzene rings is 1. The van der Waals surface area contributed by atoms with E-state index in [0.717, 1.165) is 42.3 Å². The van der Waals surface area contributed by atoms with Gasteiger partial charge in [0, 0.05) is 43.4 Å². The zero-order valence-electron chi connectivity index (χ0n) is 12.6. The van der Waals surface area contributed by atoms with Crippen molar-refractivity contribution < 1.29 is 8.42 Å². The molecule has 0 aromatic heterocycles. The Kier molecular flexibility index (Phi) is 5.54. The number of anilines is 1. The molecule has 0 amide bonds. The normalized spacial score (nSPS) is 17.0. The van der Waals surface area contributed by atoms with Gasteiger partial charge in [0.1, 0.15) is 0 Å². The largest absolute Gasteiger partial charge is 0.399 e. The number of nitrogen functional groups attached to an aromatic ring is 1. The molecule has 21 heavy (non-hydrogen) atoms. The predicted molar refractivity (Wildman–Crippen MR) is 89.3 cm³/mol. The third-order valence-corrected chi connectivity index (χ3v) is 6.29. The molecule has 1 saturated heterocycles. The van der Waals surface area contributed by atoms with Crippen LogP contribution in [0.15, 0.2) is 17.0 Å². The third kappa shape index (κ3) is 4.35. The molecule has 1 aliphatic rings. The van der Waals surface area contributed by atoms with Gasteiger partial charge in [0.25, 0.3) is 0 Å². The first-order valence-electron chi connectivity index (χ1n) is 7.06. The van der Waals surface area contributed by atoms with Crippen molar-refractivity contribution >= 4 is 27.5 Å². The minimum absolute atomic E-state index is 0.286. The maximum atomic E-state index is 12.4. The molecule has 118 valence electrons. The summed E-state index contributed by atoms with van der Waals surface area (Å²) < 4.78 is 27.5. The van der Waals surface area contributed by atoms with Crippen LogP contribution in [0.5, 0.6) is 0 Å². The van der Waals surface area contributed by atoms with Gasteiger partial charge in [-0.2, -0.15) is 11.8 Å². The van der Waals surface area contributed by atoms with Crippen LogP contribution in [0.1, 0.15) is 11.1 Å². The summed E-state index contributed by atoms with van der Waals surface area (Å²) in [7, 11) is -3.50. The zero-order valence-corrected chi connectivity index (χ0v) is 14.2. The van der Waals surface area contributed by atoms with Gasteiger partial charge in [-0.15, -0.1) is 0 Å². The lowest BCUT2D eigenvalue weighted by atomic mass is 10.1. The topological polar surface area (TPSA) is 75.4 Å². The summed E-state index contributed by atoms with van der Waals surface area (Å²) in [6, 6.07) is 3.32. The molecule has 0 saturated carbocycles. The molecule has 0 unspecified atom stereocenters. The van der Waals surface area contributed by atoms with Gasteiger partial charge in [-0.3, -0.25) is 0 Å². The van der Waals surface area contributed by atoms with E-state index < -0.39 is 10.0 Å². The monoisotopic (exact) mass is 329 g/mol. The van der Waals surface area contributed by atoms with Gasteiger partial charge in [-0.25, -0.2) is 13.1 Å². The molecule has 0 spiro atoms. The summed E-state index contributed by atoms with van der Waals surface area (Å²) >= 11 is 1.95. The molecule has 1 fully saturated rings. The lowest BCUT2D eigenvalue weighted by Gasteiger charge is -2.26. The number of nitrogens with zero attached hydrogens (tertiary/aromatic N) is 1. The summed E-state index contributed by atoms with van der Waals surface area (Å²) in [6.45, 7) is 6.92. The number of nitrogens with one attached hydrogen (secondary N) is 1. The molecule has 0 aliphatic carbocycles. The van der Waals surface area contributed by atoms with Crippen molar-refractivity contribution in [1.82, 2.24) is 9.62 Å². The Labute approximate surface area is 131 Å². The van der Waals surface area contributed by atoms with Crippen molar-refractivity contribution in [3.63, 3.8) is 0 Å². The standard InChI is InChI=1S/C14H23N3O2S2/c1-11-9-13(15)10-14(12(11)2)21(18,19)16-3-4-17-5-7-20-8-6-17/h9-10,16H,3-8,15H2,1-2H3. The number of thioether (sulfide) groups is 1. The molecule has 1 aromatic carbocycles. The quantitative estimate of drug-likeness (QED) is 0.794. The first-order valence-corrected chi connectivity index (χ1v) is 9.70. The van der Waals surface area contributed by atoms with Crippen LogP contribution < -0.4 is 10.5 Å². The van der Waals surface area contributed by atoms with E-state index in [0.29, 0.717) is 12.2 Å². The van der Waals surface area contributed by atoms with E-state index in [4.69, 9.17) is 5.73 Å². The number of hydrogen-bond donors (Lipinski definition) is 2. The highest BCUT2D eigenvalue weighted by Gasteiger charge is 2.19. The van der Waals surface area contributed by atoms with Gasteiger partial charge in [-0.1, -0.05) is 0 Å². The van der Waals surface area contributed by atoms with Crippen LogP contribution in [0.2, 0.25) is 0 Å². The minimum atomic E-state index is -3.50. The fourth-order valence-corrected chi connectivity index (χ4v) is 4.72. The SMILES string of the molecule is Cc1cc(N)cc(S(=O)(=O)NCCN2CCSCC2)c1C. The van der Waals surface area contributed by atoms with Gasteiger partial charge in [-0.05, 0) is 37.1 Å². The molecular formula is C14H23N3O2S2. The fourth-order valence-electron chi connectivity index (χ4n) is 2.37. The minimum Gasteiger partial charge on any atom is -0.399 e. The van der Waals surface area contributed by atoms with Gasteiger partial charge >= 0.3 is 0 Å². The second kappa shape index (κ2) is 7.00. The van der Waals surface area contributed by atoms with E-state index in [1.54, 1.807) is 6.07 Å². The summed E-state index contributed by atoms with van der Waals surface area (Å²) in [6.07, 6.45) is 0.